The molecule has 0 saturated heterocycles. The van der Waals surface area contributed by atoms with E-state index in [-0.39, 0.29) is 13.0 Å². The van der Waals surface area contributed by atoms with Crippen molar-refractivity contribution in [1.29, 1.82) is 0 Å². The van der Waals surface area contributed by atoms with E-state index in [1.165, 1.54) is 11.8 Å². The van der Waals surface area contributed by atoms with Gasteiger partial charge in [-0.25, -0.2) is 0 Å². The van der Waals surface area contributed by atoms with Crippen molar-refractivity contribution in [2.45, 2.75) is 23.5 Å². The van der Waals surface area contributed by atoms with Crippen molar-refractivity contribution >= 4 is 11.8 Å². The lowest BCUT2D eigenvalue weighted by atomic mass is 10.0. The Bertz CT molecular complexity index is 407. The maximum atomic E-state index is 10.0. The molecule has 0 bridgehead atoms. The van der Waals surface area contributed by atoms with E-state index in [4.69, 9.17) is 5.53 Å². The van der Waals surface area contributed by atoms with Crippen molar-refractivity contribution in [3.05, 3.63) is 40.3 Å². The number of benzene rings is 1. The number of aliphatic hydroxyl groups is 2. The highest BCUT2D eigenvalue weighted by molar-refractivity contribution is 7.98. The third kappa shape index (κ3) is 3.94. The number of hydrogen-bond donors (Lipinski definition) is 2. The van der Waals surface area contributed by atoms with E-state index < -0.39 is 12.2 Å². The second-order valence-corrected chi connectivity index (χ2v) is 4.35. The summed E-state index contributed by atoms with van der Waals surface area (Å²) in [4.78, 5) is 3.53. The molecule has 92 valence electrons. The smallest absolute Gasteiger partial charge is 0.106 e. The van der Waals surface area contributed by atoms with E-state index >= 15 is 0 Å². The van der Waals surface area contributed by atoms with Crippen LogP contribution in [0.2, 0.25) is 0 Å². The normalized spacial score (nSPS) is 13.8. The zero-order valence-electron chi connectivity index (χ0n) is 9.52. The first-order chi connectivity index (χ1) is 8.20. The standard InChI is InChI=1S/C11H15N3O2S/c1-17-10-5-3-2-4-8(10)11(16)9(15)6-7-13-14-12/h2-5,9,11,15-16H,6-7H2,1H3. The molecule has 5 nitrogen and oxygen atoms in total. The topological polar surface area (TPSA) is 89.2 Å². The molecule has 0 aromatic heterocycles. The van der Waals surface area contributed by atoms with Crippen molar-refractivity contribution in [1.82, 2.24) is 0 Å². The fourth-order valence-electron chi connectivity index (χ4n) is 1.51. The van der Waals surface area contributed by atoms with E-state index in [0.717, 1.165) is 4.90 Å². The lowest BCUT2D eigenvalue weighted by Crippen LogP contribution is -2.19. The summed E-state index contributed by atoms with van der Waals surface area (Å²) in [5.74, 6) is 0. The Kier molecular flexibility index (Phi) is 5.86. The highest BCUT2D eigenvalue weighted by Gasteiger charge is 2.19. The molecule has 0 fully saturated rings. The molecule has 6 heteroatoms. The van der Waals surface area contributed by atoms with Gasteiger partial charge in [-0.2, -0.15) is 0 Å². The van der Waals surface area contributed by atoms with Gasteiger partial charge in [-0.3, -0.25) is 0 Å². The van der Waals surface area contributed by atoms with Gasteiger partial charge in [0.2, 0.25) is 0 Å². The molecule has 0 amide bonds. The minimum absolute atomic E-state index is 0.177. The Morgan fingerprint density at radius 2 is 2.12 bits per heavy atom. The summed E-state index contributed by atoms with van der Waals surface area (Å²) < 4.78 is 0. The summed E-state index contributed by atoms with van der Waals surface area (Å²) in [5.41, 5.74) is 8.83. The summed E-state index contributed by atoms with van der Waals surface area (Å²) in [7, 11) is 0. The van der Waals surface area contributed by atoms with Gasteiger partial charge in [0.05, 0.1) is 6.10 Å². The van der Waals surface area contributed by atoms with E-state index in [1.807, 2.05) is 24.5 Å². The van der Waals surface area contributed by atoms with Crippen molar-refractivity contribution < 1.29 is 10.2 Å². The predicted octanol–water partition coefficient (Wildman–Crippen LogP) is 2.50. The number of azide groups is 1. The van der Waals surface area contributed by atoms with Crippen LogP contribution in [0.4, 0.5) is 0 Å². The van der Waals surface area contributed by atoms with Crippen LogP contribution in [-0.2, 0) is 0 Å². The van der Waals surface area contributed by atoms with Crippen LogP contribution in [0.5, 0.6) is 0 Å². The maximum absolute atomic E-state index is 10.0. The van der Waals surface area contributed by atoms with Crippen LogP contribution in [0.25, 0.3) is 10.4 Å². The molecule has 17 heavy (non-hydrogen) atoms. The van der Waals surface area contributed by atoms with Gasteiger partial charge in [0.1, 0.15) is 6.10 Å². The Morgan fingerprint density at radius 3 is 2.76 bits per heavy atom. The van der Waals surface area contributed by atoms with Crippen LogP contribution in [0.3, 0.4) is 0 Å². The van der Waals surface area contributed by atoms with Gasteiger partial charge >= 0.3 is 0 Å². The summed E-state index contributed by atoms with van der Waals surface area (Å²) >= 11 is 1.52. The molecule has 0 radical (unpaired) electrons. The molecule has 1 aromatic carbocycles. The average Bonchev–Trinajstić information content (AvgIpc) is 2.38. The van der Waals surface area contributed by atoms with Gasteiger partial charge in [0.15, 0.2) is 0 Å². The average molecular weight is 253 g/mol. The first-order valence-corrected chi connectivity index (χ1v) is 6.43. The number of aliphatic hydroxyl groups excluding tert-OH is 2. The number of thioether (sulfide) groups is 1. The van der Waals surface area contributed by atoms with Crippen LogP contribution in [0.1, 0.15) is 18.1 Å². The van der Waals surface area contributed by atoms with Crippen LogP contribution < -0.4 is 0 Å². The molecule has 2 unspecified atom stereocenters. The molecule has 1 aromatic rings. The van der Waals surface area contributed by atoms with Crippen LogP contribution in [-0.4, -0.2) is 29.1 Å². The summed E-state index contributed by atoms with van der Waals surface area (Å²) in [6.07, 6.45) is 0.285. The zero-order chi connectivity index (χ0) is 12.7. The van der Waals surface area contributed by atoms with Gasteiger partial charge < -0.3 is 10.2 Å². The fraction of sp³-hybridized carbons (Fsp3) is 0.455. The van der Waals surface area contributed by atoms with Gasteiger partial charge in [-0.05, 0) is 29.8 Å². The Labute approximate surface area is 104 Å². The quantitative estimate of drug-likeness (QED) is 0.353. The zero-order valence-corrected chi connectivity index (χ0v) is 10.3. The van der Waals surface area contributed by atoms with Crippen molar-refractivity contribution in [2.75, 3.05) is 12.8 Å². The van der Waals surface area contributed by atoms with E-state index in [0.29, 0.717) is 5.56 Å². The third-order valence-electron chi connectivity index (χ3n) is 2.41. The van der Waals surface area contributed by atoms with E-state index in [1.54, 1.807) is 6.07 Å². The molecular formula is C11H15N3O2S. The van der Waals surface area contributed by atoms with Crippen molar-refractivity contribution in [3.63, 3.8) is 0 Å². The lowest BCUT2D eigenvalue weighted by Gasteiger charge is -2.19. The van der Waals surface area contributed by atoms with Crippen LogP contribution >= 0.6 is 11.8 Å². The van der Waals surface area contributed by atoms with Gasteiger partial charge in [0.25, 0.3) is 0 Å². The number of hydrogen-bond acceptors (Lipinski definition) is 4. The summed E-state index contributed by atoms with van der Waals surface area (Å²) in [6, 6.07) is 7.38. The van der Waals surface area contributed by atoms with Gasteiger partial charge in [-0.1, -0.05) is 23.3 Å². The molecule has 1 rings (SSSR count). The number of nitrogens with zero attached hydrogens (tertiary/aromatic N) is 3. The largest absolute Gasteiger partial charge is 0.390 e. The fourth-order valence-corrected chi connectivity index (χ4v) is 2.15. The summed E-state index contributed by atoms with van der Waals surface area (Å²) in [5, 5.41) is 23.1. The molecule has 0 spiro atoms. The molecule has 0 heterocycles. The molecule has 0 aliphatic carbocycles. The van der Waals surface area contributed by atoms with E-state index in [2.05, 4.69) is 10.0 Å². The van der Waals surface area contributed by atoms with Crippen LogP contribution in [0, 0.1) is 0 Å². The second-order valence-electron chi connectivity index (χ2n) is 3.50. The highest BCUT2D eigenvalue weighted by Crippen LogP contribution is 2.28. The monoisotopic (exact) mass is 253 g/mol. The van der Waals surface area contributed by atoms with E-state index in [9.17, 15) is 10.2 Å². The predicted molar refractivity (Wildman–Crippen MR) is 67.8 cm³/mol. The SMILES string of the molecule is CSc1ccccc1C(O)C(O)CCN=[N+]=[N-]. The molecule has 0 aliphatic heterocycles. The molecule has 0 aliphatic rings. The Hall–Kier alpha value is -1.20. The van der Waals surface area contributed by atoms with Gasteiger partial charge in [-0.15, -0.1) is 11.8 Å². The first-order valence-electron chi connectivity index (χ1n) is 5.20. The minimum Gasteiger partial charge on any atom is -0.390 e. The Morgan fingerprint density at radius 1 is 1.41 bits per heavy atom. The molecule has 2 atom stereocenters. The number of rotatable bonds is 6. The second kappa shape index (κ2) is 7.19. The lowest BCUT2D eigenvalue weighted by molar-refractivity contribution is 0.0135. The molecule has 2 N–H and O–H groups in total. The third-order valence-corrected chi connectivity index (χ3v) is 3.22. The van der Waals surface area contributed by atoms with Crippen LogP contribution in [0.15, 0.2) is 34.3 Å². The van der Waals surface area contributed by atoms with Gasteiger partial charge in [0, 0.05) is 16.4 Å². The van der Waals surface area contributed by atoms with Crippen molar-refractivity contribution in [3.8, 4) is 0 Å². The molecular weight excluding hydrogens is 238 g/mol. The minimum atomic E-state index is -0.951. The highest BCUT2D eigenvalue weighted by atomic mass is 32.2. The maximum Gasteiger partial charge on any atom is 0.106 e. The molecule has 0 saturated carbocycles. The van der Waals surface area contributed by atoms with Crippen molar-refractivity contribution in [2.24, 2.45) is 5.11 Å². The Balaban J connectivity index is 2.73. The summed E-state index contributed by atoms with van der Waals surface area (Å²) in [6.45, 7) is 0.177. The first kappa shape index (κ1) is 13.9.